The summed E-state index contributed by atoms with van der Waals surface area (Å²) < 4.78 is 0.958. The number of halogens is 1. The zero-order valence-corrected chi connectivity index (χ0v) is 13.5. The van der Waals surface area contributed by atoms with Crippen LogP contribution in [0.2, 0.25) is 0 Å². The van der Waals surface area contributed by atoms with Crippen molar-refractivity contribution in [2.45, 2.75) is 32.2 Å². The Morgan fingerprint density at radius 1 is 1.43 bits per heavy atom. The number of piperidine rings is 1. The van der Waals surface area contributed by atoms with E-state index in [4.69, 9.17) is 0 Å². The fraction of sp³-hybridized carbons (Fsp3) is 0.467. The zero-order chi connectivity index (χ0) is 15.4. The Morgan fingerprint density at radius 2 is 2.19 bits per heavy atom. The molecule has 21 heavy (non-hydrogen) atoms. The van der Waals surface area contributed by atoms with Crippen LogP contribution in [0.25, 0.3) is 0 Å². The van der Waals surface area contributed by atoms with Crippen LogP contribution in [0.5, 0.6) is 0 Å². The van der Waals surface area contributed by atoms with Crippen LogP contribution in [0.4, 0.5) is 5.69 Å². The van der Waals surface area contributed by atoms with Crippen molar-refractivity contribution < 1.29 is 14.7 Å². The second-order valence-corrected chi connectivity index (χ2v) is 6.24. The average molecular weight is 355 g/mol. The van der Waals surface area contributed by atoms with Crippen molar-refractivity contribution in [3.05, 3.63) is 28.2 Å². The van der Waals surface area contributed by atoms with Crippen LogP contribution in [0, 0.1) is 6.92 Å². The number of hydrogen-bond donors (Lipinski definition) is 2. The Bertz CT molecular complexity index is 548. The lowest BCUT2D eigenvalue weighted by atomic mass is 10.0. The number of anilines is 1. The van der Waals surface area contributed by atoms with Gasteiger partial charge in [-0.1, -0.05) is 22.4 Å². The Labute approximate surface area is 132 Å². The second kappa shape index (κ2) is 7.04. The van der Waals surface area contributed by atoms with Crippen LogP contribution in [-0.2, 0) is 9.59 Å². The highest BCUT2D eigenvalue weighted by molar-refractivity contribution is 9.10. The van der Waals surface area contributed by atoms with Gasteiger partial charge in [-0.2, -0.15) is 0 Å². The van der Waals surface area contributed by atoms with Crippen LogP contribution < -0.4 is 5.32 Å². The molecule has 0 aromatic heterocycles. The summed E-state index contributed by atoms with van der Waals surface area (Å²) in [4.78, 5) is 25.1. The number of nitrogens with one attached hydrogen (secondary N) is 1. The highest BCUT2D eigenvalue weighted by Crippen LogP contribution is 2.21. The lowest BCUT2D eigenvalue weighted by molar-refractivity contribution is -0.145. The zero-order valence-electron chi connectivity index (χ0n) is 11.9. The molecule has 1 heterocycles. The third-order valence-electron chi connectivity index (χ3n) is 3.71. The number of carbonyl (C=O) groups excluding carboxylic acids is 1. The first kappa shape index (κ1) is 16.0. The third-order valence-corrected chi connectivity index (χ3v) is 4.20. The van der Waals surface area contributed by atoms with Crippen molar-refractivity contribution in [3.8, 4) is 0 Å². The highest BCUT2D eigenvalue weighted by atomic mass is 79.9. The number of carboxylic acids is 1. The van der Waals surface area contributed by atoms with E-state index in [0.29, 0.717) is 13.0 Å². The molecule has 6 heteroatoms. The van der Waals surface area contributed by atoms with E-state index in [9.17, 15) is 14.7 Å². The molecule has 1 atom stereocenters. The van der Waals surface area contributed by atoms with Crippen LogP contribution in [0.1, 0.15) is 24.8 Å². The highest BCUT2D eigenvalue weighted by Gasteiger charge is 2.29. The molecular weight excluding hydrogens is 336 g/mol. The number of carbonyl (C=O) groups is 2. The van der Waals surface area contributed by atoms with Crippen molar-refractivity contribution in [3.63, 3.8) is 0 Å². The van der Waals surface area contributed by atoms with Crippen molar-refractivity contribution in [2.75, 3.05) is 18.4 Å². The Balaban J connectivity index is 1.98. The molecule has 2 N–H and O–H groups in total. The maximum Gasteiger partial charge on any atom is 0.320 e. The van der Waals surface area contributed by atoms with Crippen molar-refractivity contribution in [1.82, 2.24) is 4.90 Å². The number of amides is 1. The standard InChI is InChI=1S/C15H19BrN2O3/c1-10-8-11(16)5-6-12(10)17-14(19)9-18-7-3-2-4-13(18)15(20)21/h5-6,8,13H,2-4,7,9H2,1H3,(H,17,19)(H,20,21). The third kappa shape index (κ3) is 4.28. The molecular formula is C15H19BrN2O3. The van der Waals surface area contributed by atoms with Gasteiger partial charge in [0.05, 0.1) is 6.54 Å². The Hall–Kier alpha value is -1.40. The maximum atomic E-state index is 12.1. The number of nitrogens with zero attached hydrogens (tertiary/aromatic N) is 1. The largest absolute Gasteiger partial charge is 0.480 e. The van der Waals surface area contributed by atoms with Gasteiger partial charge < -0.3 is 10.4 Å². The summed E-state index contributed by atoms with van der Waals surface area (Å²) in [5, 5.41) is 12.1. The number of likely N-dealkylation sites (tertiary alicyclic amines) is 1. The topological polar surface area (TPSA) is 69.6 Å². The van der Waals surface area contributed by atoms with Gasteiger partial charge in [-0.3, -0.25) is 14.5 Å². The van der Waals surface area contributed by atoms with Gasteiger partial charge in [0.1, 0.15) is 6.04 Å². The first-order valence-electron chi connectivity index (χ1n) is 7.00. The fourth-order valence-corrected chi connectivity index (χ4v) is 3.08. The van der Waals surface area contributed by atoms with Crippen LogP contribution >= 0.6 is 15.9 Å². The van der Waals surface area contributed by atoms with E-state index in [1.165, 1.54) is 0 Å². The van der Waals surface area contributed by atoms with E-state index in [-0.39, 0.29) is 12.5 Å². The van der Waals surface area contributed by atoms with E-state index in [1.807, 2.05) is 25.1 Å². The molecule has 1 aliphatic rings. The number of benzene rings is 1. The van der Waals surface area contributed by atoms with E-state index >= 15 is 0 Å². The molecule has 1 aliphatic heterocycles. The summed E-state index contributed by atoms with van der Waals surface area (Å²) in [7, 11) is 0. The molecule has 1 amide bonds. The van der Waals surface area contributed by atoms with Crippen LogP contribution in [-0.4, -0.2) is 41.0 Å². The molecule has 0 aliphatic carbocycles. The lowest BCUT2D eigenvalue weighted by Gasteiger charge is -2.32. The van der Waals surface area contributed by atoms with Gasteiger partial charge in [0.25, 0.3) is 0 Å². The molecule has 1 aromatic carbocycles. The van der Waals surface area contributed by atoms with Gasteiger partial charge in [0, 0.05) is 10.2 Å². The minimum absolute atomic E-state index is 0.118. The van der Waals surface area contributed by atoms with Gasteiger partial charge in [-0.15, -0.1) is 0 Å². The predicted molar refractivity (Wildman–Crippen MR) is 84.4 cm³/mol. The van der Waals surface area contributed by atoms with Gasteiger partial charge in [0.2, 0.25) is 5.91 Å². The molecule has 0 bridgehead atoms. The van der Waals surface area contributed by atoms with Crippen molar-refractivity contribution in [2.24, 2.45) is 0 Å². The Morgan fingerprint density at radius 3 is 2.86 bits per heavy atom. The summed E-state index contributed by atoms with van der Waals surface area (Å²) in [5.74, 6) is -1.02. The number of rotatable bonds is 4. The van der Waals surface area contributed by atoms with Crippen LogP contribution in [0.3, 0.4) is 0 Å². The molecule has 0 spiro atoms. The summed E-state index contributed by atoms with van der Waals surface area (Å²) in [6.07, 6.45) is 2.45. The minimum atomic E-state index is -0.845. The number of carboxylic acid groups (broad SMARTS) is 1. The molecule has 5 nitrogen and oxygen atoms in total. The summed E-state index contributed by atoms with van der Waals surface area (Å²) in [6, 6.07) is 5.08. The molecule has 1 fully saturated rings. The number of aryl methyl sites for hydroxylation is 1. The summed E-state index contributed by atoms with van der Waals surface area (Å²) in [6.45, 7) is 2.69. The smallest absolute Gasteiger partial charge is 0.320 e. The summed E-state index contributed by atoms with van der Waals surface area (Å²) >= 11 is 3.38. The lowest BCUT2D eigenvalue weighted by Crippen LogP contribution is -2.47. The first-order chi connectivity index (χ1) is 9.97. The quantitative estimate of drug-likeness (QED) is 0.871. The van der Waals surface area contributed by atoms with Crippen LogP contribution in [0.15, 0.2) is 22.7 Å². The molecule has 1 unspecified atom stereocenters. The average Bonchev–Trinajstić information content (AvgIpc) is 2.42. The van der Waals surface area contributed by atoms with E-state index < -0.39 is 12.0 Å². The molecule has 1 saturated heterocycles. The van der Waals surface area contributed by atoms with Gasteiger partial charge >= 0.3 is 5.97 Å². The molecule has 114 valence electrons. The molecule has 2 rings (SSSR count). The molecule has 0 saturated carbocycles. The number of aliphatic carboxylic acids is 1. The van der Waals surface area contributed by atoms with Crippen molar-refractivity contribution >= 4 is 33.5 Å². The van der Waals surface area contributed by atoms with Gasteiger partial charge in [0.15, 0.2) is 0 Å². The maximum absolute atomic E-state index is 12.1. The Kier molecular flexibility index (Phi) is 5.36. The molecule has 0 radical (unpaired) electrons. The van der Waals surface area contributed by atoms with E-state index in [2.05, 4.69) is 21.2 Å². The minimum Gasteiger partial charge on any atom is -0.480 e. The van der Waals surface area contributed by atoms with Gasteiger partial charge in [-0.05, 0) is 50.1 Å². The van der Waals surface area contributed by atoms with Crippen molar-refractivity contribution in [1.29, 1.82) is 0 Å². The first-order valence-corrected chi connectivity index (χ1v) is 7.79. The second-order valence-electron chi connectivity index (χ2n) is 5.33. The van der Waals surface area contributed by atoms with E-state index in [1.54, 1.807) is 4.90 Å². The predicted octanol–water partition coefficient (Wildman–Crippen LogP) is 2.64. The normalized spacial score (nSPS) is 19.2. The summed E-state index contributed by atoms with van der Waals surface area (Å²) in [5.41, 5.74) is 1.72. The fourth-order valence-electron chi connectivity index (χ4n) is 2.60. The molecule has 1 aromatic rings. The van der Waals surface area contributed by atoms with E-state index in [0.717, 1.165) is 28.6 Å². The SMILES string of the molecule is Cc1cc(Br)ccc1NC(=O)CN1CCCCC1C(=O)O. The number of hydrogen-bond acceptors (Lipinski definition) is 3. The van der Waals surface area contributed by atoms with Gasteiger partial charge in [-0.25, -0.2) is 0 Å². The monoisotopic (exact) mass is 354 g/mol.